The van der Waals surface area contributed by atoms with Crippen molar-refractivity contribution in [2.24, 2.45) is 0 Å². The van der Waals surface area contributed by atoms with Gasteiger partial charge in [0.25, 0.3) is 10.1 Å². The van der Waals surface area contributed by atoms with E-state index >= 15 is 0 Å². The van der Waals surface area contributed by atoms with E-state index in [1.165, 1.54) is 12.1 Å². The first-order valence-electron chi connectivity index (χ1n) is 6.27. The summed E-state index contributed by atoms with van der Waals surface area (Å²) < 4.78 is 38.7. The zero-order valence-corrected chi connectivity index (χ0v) is 11.9. The standard InChI is InChI=1S/C13H20O5S/c1-2-16-11-12-17-9-6-10-18-19(14,15)13-7-4-3-5-8-13/h3-5,7-8H,2,6,9-12H2,1H3. The van der Waals surface area contributed by atoms with Crippen LogP contribution in [0.5, 0.6) is 0 Å². The summed E-state index contributed by atoms with van der Waals surface area (Å²) >= 11 is 0. The molecule has 1 aromatic carbocycles. The van der Waals surface area contributed by atoms with E-state index in [1.54, 1.807) is 18.2 Å². The maximum Gasteiger partial charge on any atom is 0.296 e. The molecule has 0 atom stereocenters. The molecule has 0 fully saturated rings. The van der Waals surface area contributed by atoms with Crippen LogP contribution in [-0.2, 0) is 23.8 Å². The van der Waals surface area contributed by atoms with Crippen LogP contribution in [0.3, 0.4) is 0 Å². The highest BCUT2D eigenvalue weighted by Gasteiger charge is 2.13. The average Bonchev–Trinajstić information content (AvgIpc) is 2.43. The number of hydrogen-bond acceptors (Lipinski definition) is 5. The maximum absolute atomic E-state index is 11.7. The second kappa shape index (κ2) is 9.03. The third kappa shape index (κ3) is 6.68. The number of hydrogen-bond donors (Lipinski definition) is 0. The first kappa shape index (κ1) is 16.1. The van der Waals surface area contributed by atoms with Crippen molar-refractivity contribution in [1.82, 2.24) is 0 Å². The first-order chi connectivity index (χ1) is 9.17. The van der Waals surface area contributed by atoms with Gasteiger partial charge in [0, 0.05) is 13.2 Å². The summed E-state index contributed by atoms with van der Waals surface area (Å²) in [6.07, 6.45) is 0.526. The third-order valence-corrected chi connectivity index (χ3v) is 3.61. The monoisotopic (exact) mass is 288 g/mol. The maximum atomic E-state index is 11.7. The predicted molar refractivity (Wildman–Crippen MR) is 71.5 cm³/mol. The fourth-order valence-corrected chi connectivity index (χ4v) is 2.31. The van der Waals surface area contributed by atoms with Crippen LogP contribution >= 0.6 is 0 Å². The first-order valence-corrected chi connectivity index (χ1v) is 7.67. The van der Waals surface area contributed by atoms with Crippen molar-refractivity contribution < 1.29 is 22.1 Å². The molecule has 0 saturated heterocycles. The molecule has 0 N–H and O–H groups in total. The molecule has 0 aromatic heterocycles. The van der Waals surface area contributed by atoms with E-state index in [9.17, 15) is 8.42 Å². The topological polar surface area (TPSA) is 61.8 Å². The summed E-state index contributed by atoms with van der Waals surface area (Å²) in [5.74, 6) is 0. The number of rotatable bonds is 10. The molecule has 0 heterocycles. The molecule has 0 amide bonds. The van der Waals surface area contributed by atoms with Gasteiger partial charge >= 0.3 is 0 Å². The molecule has 0 aliphatic rings. The molecule has 0 spiro atoms. The van der Waals surface area contributed by atoms with Crippen molar-refractivity contribution in [3.63, 3.8) is 0 Å². The summed E-state index contributed by atoms with van der Waals surface area (Å²) in [6, 6.07) is 8.09. The zero-order valence-electron chi connectivity index (χ0n) is 11.1. The van der Waals surface area contributed by atoms with Gasteiger partial charge in [-0.25, -0.2) is 0 Å². The Hall–Kier alpha value is -0.950. The van der Waals surface area contributed by atoms with Crippen molar-refractivity contribution >= 4 is 10.1 Å². The van der Waals surface area contributed by atoms with Gasteiger partial charge < -0.3 is 9.47 Å². The Balaban J connectivity index is 2.15. The number of benzene rings is 1. The summed E-state index contributed by atoms with van der Waals surface area (Å²) in [5.41, 5.74) is 0. The van der Waals surface area contributed by atoms with Crippen molar-refractivity contribution in [2.45, 2.75) is 18.2 Å². The SMILES string of the molecule is CCOCCOCCCOS(=O)(=O)c1ccccc1. The van der Waals surface area contributed by atoms with Gasteiger partial charge in [-0.1, -0.05) is 18.2 Å². The van der Waals surface area contributed by atoms with Crippen LogP contribution in [0.15, 0.2) is 35.2 Å². The largest absolute Gasteiger partial charge is 0.379 e. The van der Waals surface area contributed by atoms with Gasteiger partial charge in [0.05, 0.1) is 24.7 Å². The highest BCUT2D eigenvalue weighted by atomic mass is 32.2. The second-order valence-electron chi connectivity index (χ2n) is 3.75. The summed E-state index contributed by atoms with van der Waals surface area (Å²) in [4.78, 5) is 0.173. The molecule has 6 heteroatoms. The Kier molecular flexibility index (Phi) is 7.66. The van der Waals surface area contributed by atoms with Gasteiger partial charge in [-0.3, -0.25) is 4.18 Å². The average molecular weight is 288 g/mol. The van der Waals surface area contributed by atoms with Crippen LogP contribution in [0.2, 0.25) is 0 Å². The lowest BCUT2D eigenvalue weighted by atomic mass is 10.4. The third-order valence-electron chi connectivity index (χ3n) is 2.28. The molecular weight excluding hydrogens is 268 g/mol. The molecule has 0 aliphatic heterocycles. The van der Waals surface area contributed by atoms with E-state index < -0.39 is 10.1 Å². The van der Waals surface area contributed by atoms with Crippen LogP contribution < -0.4 is 0 Å². The van der Waals surface area contributed by atoms with Gasteiger partial charge in [0.1, 0.15) is 0 Å². The van der Waals surface area contributed by atoms with Gasteiger partial charge in [-0.2, -0.15) is 8.42 Å². The number of ether oxygens (including phenoxy) is 2. The van der Waals surface area contributed by atoms with E-state index in [4.69, 9.17) is 13.7 Å². The van der Waals surface area contributed by atoms with E-state index in [-0.39, 0.29) is 11.5 Å². The van der Waals surface area contributed by atoms with Gasteiger partial charge in [-0.15, -0.1) is 0 Å². The quantitative estimate of drug-likeness (QED) is 0.485. The minimum atomic E-state index is -3.64. The van der Waals surface area contributed by atoms with Crippen molar-refractivity contribution in [3.8, 4) is 0 Å². The lowest BCUT2D eigenvalue weighted by molar-refractivity contribution is 0.0485. The van der Waals surface area contributed by atoms with Gasteiger partial charge in [0.2, 0.25) is 0 Å². The Morgan fingerprint density at radius 2 is 1.63 bits per heavy atom. The molecule has 0 aliphatic carbocycles. The molecule has 0 bridgehead atoms. The molecule has 0 unspecified atom stereocenters. The smallest absolute Gasteiger partial charge is 0.296 e. The van der Waals surface area contributed by atoms with Crippen molar-refractivity contribution in [3.05, 3.63) is 30.3 Å². The minimum Gasteiger partial charge on any atom is -0.379 e. The normalized spacial score (nSPS) is 11.6. The summed E-state index contributed by atoms with van der Waals surface area (Å²) in [6.45, 7) is 4.23. The van der Waals surface area contributed by atoms with E-state index in [2.05, 4.69) is 0 Å². The molecular formula is C13H20O5S. The molecule has 1 rings (SSSR count). The molecule has 1 aromatic rings. The Morgan fingerprint density at radius 1 is 0.947 bits per heavy atom. The molecule has 0 saturated carbocycles. The fourth-order valence-electron chi connectivity index (χ4n) is 1.35. The highest BCUT2D eigenvalue weighted by Crippen LogP contribution is 2.11. The fraction of sp³-hybridized carbons (Fsp3) is 0.538. The van der Waals surface area contributed by atoms with Crippen LogP contribution in [-0.4, -0.2) is 41.5 Å². The van der Waals surface area contributed by atoms with E-state index in [1.807, 2.05) is 6.92 Å². The Bertz CT molecular complexity index is 430. The highest BCUT2D eigenvalue weighted by molar-refractivity contribution is 7.86. The van der Waals surface area contributed by atoms with Gasteiger partial charge in [0.15, 0.2) is 0 Å². The lowest BCUT2D eigenvalue weighted by Gasteiger charge is -2.06. The predicted octanol–water partition coefficient (Wildman–Crippen LogP) is 1.84. The van der Waals surface area contributed by atoms with Crippen LogP contribution in [0.25, 0.3) is 0 Å². The molecule has 5 nitrogen and oxygen atoms in total. The molecule has 0 radical (unpaired) electrons. The zero-order chi connectivity index (χ0) is 14.0. The minimum absolute atomic E-state index is 0.117. The lowest BCUT2D eigenvalue weighted by Crippen LogP contribution is -2.10. The van der Waals surface area contributed by atoms with E-state index in [0.29, 0.717) is 32.8 Å². The van der Waals surface area contributed by atoms with Crippen LogP contribution in [0, 0.1) is 0 Å². The summed E-state index contributed by atoms with van der Waals surface area (Å²) in [7, 11) is -3.64. The van der Waals surface area contributed by atoms with Crippen molar-refractivity contribution in [2.75, 3.05) is 33.0 Å². The van der Waals surface area contributed by atoms with E-state index in [0.717, 1.165) is 0 Å². The molecule has 19 heavy (non-hydrogen) atoms. The summed E-state index contributed by atoms with van der Waals surface area (Å²) in [5, 5.41) is 0. The van der Waals surface area contributed by atoms with Crippen LogP contribution in [0.1, 0.15) is 13.3 Å². The van der Waals surface area contributed by atoms with Crippen LogP contribution in [0.4, 0.5) is 0 Å². The van der Waals surface area contributed by atoms with Crippen molar-refractivity contribution in [1.29, 1.82) is 0 Å². The Morgan fingerprint density at radius 3 is 2.32 bits per heavy atom. The Labute approximate surface area is 114 Å². The second-order valence-corrected chi connectivity index (χ2v) is 5.37. The molecule has 108 valence electrons. The van der Waals surface area contributed by atoms with Gasteiger partial charge in [-0.05, 0) is 25.5 Å².